The molecule has 0 spiro atoms. The molecular formula is C21H20N2O4. The number of anilines is 1. The van der Waals surface area contributed by atoms with Crippen molar-refractivity contribution in [2.75, 3.05) is 18.1 Å². The minimum absolute atomic E-state index is 0.159. The molecule has 0 saturated heterocycles. The first-order chi connectivity index (χ1) is 13.1. The van der Waals surface area contributed by atoms with Gasteiger partial charge in [0.2, 0.25) is 0 Å². The number of carbonyl (C=O) groups is 1. The number of nitro benzene ring substituents is 1. The summed E-state index contributed by atoms with van der Waals surface area (Å²) in [6.45, 7) is 4.38. The maximum absolute atomic E-state index is 13.1. The number of fused-ring (bicyclic) bond motifs is 1. The summed E-state index contributed by atoms with van der Waals surface area (Å²) in [4.78, 5) is 25.6. The van der Waals surface area contributed by atoms with Gasteiger partial charge in [0.1, 0.15) is 0 Å². The van der Waals surface area contributed by atoms with Gasteiger partial charge in [-0.1, -0.05) is 36.4 Å². The molecule has 0 aliphatic carbocycles. The van der Waals surface area contributed by atoms with Crippen LogP contribution in [0, 0.1) is 10.1 Å². The average Bonchev–Trinajstić information content (AvgIpc) is 2.69. The number of rotatable bonds is 6. The molecule has 0 heterocycles. The Morgan fingerprint density at radius 3 is 2.52 bits per heavy atom. The van der Waals surface area contributed by atoms with Crippen LogP contribution < -0.4 is 9.64 Å². The lowest BCUT2D eigenvalue weighted by molar-refractivity contribution is -0.385. The summed E-state index contributed by atoms with van der Waals surface area (Å²) in [6, 6.07) is 17.9. The Morgan fingerprint density at radius 1 is 1.07 bits per heavy atom. The van der Waals surface area contributed by atoms with E-state index < -0.39 is 4.92 Å². The first-order valence-electron chi connectivity index (χ1n) is 8.77. The largest absolute Gasteiger partial charge is 0.487 e. The molecule has 0 aliphatic heterocycles. The van der Waals surface area contributed by atoms with Gasteiger partial charge in [-0.3, -0.25) is 14.9 Å². The van der Waals surface area contributed by atoms with E-state index in [4.69, 9.17) is 4.74 Å². The Balaban J connectivity index is 2.05. The molecule has 3 aromatic carbocycles. The molecule has 0 radical (unpaired) electrons. The number of nitro groups is 1. The van der Waals surface area contributed by atoms with Crippen molar-refractivity contribution in [2.45, 2.75) is 13.8 Å². The third-order valence-corrected chi connectivity index (χ3v) is 4.32. The highest BCUT2D eigenvalue weighted by atomic mass is 16.6. The zero-order chi connectivity index (χ0) is 19.4. The molecule has 6 nitrogen and oxygen atoms in total. The number of hydrogen-bond acceptors (Lipinski definition) is 4. The van der Waals surface area contributed by atoms with Gasteiger partial charge < -0.3 is 9.64 Å². The average molecular weight is 364 g/mol. The number of hydrogen-bond donors (Lipinski definition) is 0. The highest BCUT2D eigenvalue weighted by Gasteiger charge is 2.23. The number of carbonyl (C=O) groups excluding carboxylic acids is 1. The molecule has 0 aliphatic rings. The topological polar surface area (TPSA) is 72.7 Å². The highest BCUT2D eigenvalue weighted by Crippen LogP contribution is 2.31. The lowest BCUT2D eigenvalue weighted by Gasteiger charge is -2.23. The predicted molar refractivity (Wildman–Crippen MR) is 106 cm³/mol. The van der Waals surface area contributed by atoms with Crippen molar-refractivity contribution in [1.82, 2.24) is 0 Å². The SMILES string of the molecule is CCOc1ccc(C(=O)N(CC)c2cccc3ccccc23)cc1[N+](=O)[O-]. The summed E-state index contributed by atoms with van der Waals surface area (Å²) in [5.41, 5.74) is 0.814. The number of ether oxygens (including phenoxy) is 1. The molecule has 0 fully saturated rings. The third-order valence-electron chi connectivity index (χ3n) is 4.32. The van der Waals surface area contributed by atoms with E-state index in [1.807, 2.05) is 49.4 Å². The van der Waals surface area contributed by atoms with Gasteiger partial charge in [-0.15, -0.1) is 0 Å². The molecule has 1 amide bonds. The van der Waals surface area contributed by atoms with E-state index in [0.29, 0.717) is 13.2 Å². The van der Waals surface area contributed by atoms with Gasteiger partial charge in [-0.2, -0.15) is 0 Å². The van der Waals surface area contributed by atoms with Gasteiger partial charge in [0.05, 0.1) is 17.2 Å². The van der Waals surface area contributed by atoms with E-state index in [1.54, 1.807) is 17.9 Å². The van der Waals surface area contributed by atoms with Crippen LogP contribution in [0.25, 0.3) is 10.8 Å². The Bertz CT molecular complexity index is 995. The van der Waals surface area contributed by atoms with Crippen molar-refractivity contribution in [3.05, 3.63) is 76.3 Å². The fourth-order valence-electron chi connectivity index (χ4n) is 3.09. The normalized spacial score (nSPS) is 10.6. The van der Waals surface area contributed by atoms with E-state index in [1.165, 1.54) is 12.1 Å². The van der Waals surface area contributed by atoms with E-state index >= 15 is 0 Å². The molecule has 0 unspecified atom stereocenters. The standard InChI is InChI=1S/C21H20N2O4/c1-3-22(18-11-7-9-15-8-5-6-10-17(15)18)21(24)16-12-13-20(27-4-2)19(14-16)23(25)26/h5-14H,3-4H2,1-2H3. The van der Waals surface area contributed by atoms with E-state index in [0.717, 1.165) is 16.5 Å². The van der Waals surface area contributed by atoms with Crippen LogP contribution in [0.2, 0.25) is 0 Å². The summed E-state index contributed by atoms with van der Waals surface area (Å²) < 4.78 is 5.30. The van der Waals surface area contributed by atoms with Crippen LogP contribution in [0.1, 0.15) is 24.2 Å². The molecule has 0 saturated carbocycles. The lowest BCUT2D eigenvalue weighted by atomic mass is 10.1. The summed E-state index contributed by atoms with van der Waals surface area (Å²) >= 11 is 0. The van der Waals surface area contributed by atoms with Gasteiger partial charge in [0.25, 0.3) is 5.91 Å². The molecule has 6 heteroatoms. The Morgan fingerprint density at radius 2 is 1.81 bits per heavy atom. The highest BCUT2D eigenvalue weighted by molar-refractivity contribution is 6.11. The quantitative estimate of drug-likeness (QED) is 0.465. The molecule has 0 bridgehead atoms. The van der Waals surface area contributed by atoms with Crippen molar-refractivity contribution in [3.8, 4) is 5.75 Å². The molecule has 0 N–H and O–H groups in total. The molecule has 0 aromatic heterocycles. The van der Waals surface area contributed by atoms with Crippen LogP contribution in [0.5, 0.6) is 5.75 Å². The molecular weight excluding hydrogens is 344 g/mol. The smallest absolute Gasteiger partial charge is 0.311 e. The summed E-state index contributed by atoms with van der Waals surface area (Å²) in [5.74, 6) is -0.132. The van der Waals surface area contributed by atoms with Crippen molar-refractivity contribution in [3.63, 3.8) is 0 Å². The predicted octanol–water partition coefficient (Wildman–Crippen LogP) is 4.81. The Labute approximate surface area is 157 Å². The van der Waals surface area contributed by atoms with Gasteiger partial charge >= 0.3 is 5.69 Å². The molecule has 138 valence electrons. The van der Waals surface area contributed by atoms with Crippen LogP contribution in [0.15, 0.2) is 60.7 Å². The molecule has 27 heavy (non-hydrogen) atoms. The minimum Gasteiger partial charge on any atom is -0.487 e. The zero-order valence-electron chi connectivity index (χ0n) is 15.2. The maximum Gasteiger partial charge on any atom is 0.311 e. The minimum atomic E-state index is -0.532. The first kappa shape index (κ1) is 18.4. The van der Waals surface area contributed by atoms with Crippen LogP contribution >= 0.6 is 0 Å². The Kier molecular flexibility index (Phi) is 5.35. The molecule has 3 rings (SSSR count). The monoisotopic (exact) mass is 364 g/mol. The second kappa shape index (κ2) is 7.86. The first-order valence-corrected chi connectivity index (χ1v) is 8.77. The zero-order valence-corrected chi connectivity index (χ0v) is 15.2. The van der Waals surface area contributed by atoms with Crippen molar-refractivity contribution < 1.29 is 14.5 Å². The van der Waals surface area contributed by atoms with E-state index in [-0.39, 0.29) is 22.9 Å². The van der Waals surface area contributed by atoms with Crippen molar-refractivity contribution >= 4 is 28.1 Å². The van der Waals surface area contributed by atoms with Crippen molar-refractivity contribution in [2.24, 2.45) is 0 Å². The fourth-order valence-corrected chi connectivity index (χ4v) is 3.09. The van der Waals surface area contributed by atoms with Crippen molar-refractivity contribution in [1.29, 1.82) is 0 Å². The lowest BCUT2D eigenvalue weighted by Crippen LogP contribution is -2.30. The van der Waals surface area contributed by atoms with Gasteiger partial charge in [-0.05, 0) is 37.4 Å². The van der Waals surface area contributed by atoms with E-state index in [2.05, 4.69) is 0 Å². The Hall–Kier alpha value is -3.41. The second-order valence-electron chi connectivity index (χ2n) is 5.92. The van der Waals surface area contributed by atoms with Crippen LogP contribution in [-0.2, 0) is 0 Å². The van der Waals surface area contributed by atoms with Gasteiger partial charge in [0, 0.05) is 23.6 Å². The summed E-state index contributed by atoms with van der Waals surface area (Å²) in [6.07, 6.45) is 0. The van der Waals surface area contributed by atoms with Crippen LogP contribution in [0.4, 0.5) is 11.4 Å². The van der Waals surface area contributed by atoms with Gasteiger partial charge in [0.15, 0.2) is 5.75 Å². The maximum atomic E-state index is 13.1. The third kappa shape index (κ3) is 3.60. The van der Waals surface area contributed by atoms with Crippen LogP contribution in [0.3, 0.4) is 0 Å². The van der Waals surface area contributed by atoms with E-state index in [9.17, 15) is 14.9 Å². The molecule has 0 atom stereocenters. The number of nitrogens with zero attached hydrogens (tertiary/aromatic N) is 2. The second-order valence-corrected chi connectivity index (χ2v) is 5.92. The molecule has 3 aromatic rings. The summed E-state index contributed by atoms with van der Waals surface area (Å²) in [7, 11) is 0. The van der Waals surface area contributed by atoms with Gasteiger partial charge in [-0.25, -0.2) is 0 Å². The summed E-state index contributed by atoms with van der Waals surface area (Å²) in [5, 5.41) is 13.3. The number of amides is 1. The fraction of sp³-hybridized carbons (Fsp3) is 0.190. The number of benzene rings is 3. The van der Waals surface area contributed by atoms with Crippen LogP contribution in [-0.4, -0.2) is 24.0 Å².